The molecule has 2 aromatic rings. The fourth-order valence-corrected chi connectivity index (χ4v) is 2.84. The van der Waals surface area contributed by atoms with Gasteiger partial charge in [-0.1, -0.05) is 0 Å². The Morgan fingerprint density at radius 2 is 2.04 bits per heavy atom. The molecule has 146 valence electrons. The second kappa shape index (κ2) is 8.63. The summed E-state index contributed by atoms with van der Waals surface area (Å²) in [4.78, 5) is 42.9. The van der Waals surface area contributed by atoms with Gasteiger partial charge in [-0.3, -0.25) is 19.0 Å². The lowest BCUT2D eigenvalue weighted by Crippen LogP contribution is -2.38. The molecular weight excluding hydrogens is 350 g/mol. The van der Waals surface area contributed by atoms with Gasteiger partial charge in [0.25, 0.3) is 11.5 Å². The molecule has 0 spiro atoms. The zero-order valence-corrected chi connectivity index (χ0v) is 15.7. The minimum absolute atomic E-state index is 0.105. The highest BCUT2D eigenvalue weighted by Crippen LogP contribution is 2.22. The molecule has 0 aliphatic heterocycles. The highest BCUT2D eigenvalue weighted by atomic mass is 16.3. The zero-order chi connectivity index (χ0) is 20.1. The van der Waals surface area contributed by atoms with Gasteiger partial charge in [0.2, 0.25) is 5.91 Å². The maximum Gasteiger partial charge on any atom is 0.265 e. The lowest BCUT2D eigenvalue weighted by molar-refractivity contribution is -0.131. The Morgan fingerprint density at radius 1 is 1.37 bits per heavy atom. The number of carbonyl (C=O) groups excluding carboxylic acids is 2. The van der Waals surface area contributed by atoms with Gasteiger partial charge in [-0.25, -0.2) is 4.98 Å². The van der Waals surface area contributed by atoms with Crippen molar-refractivity contribution in [2.24, 2.45) is 5.73 Å². The van der Waals surface area contributed by atoms with Gasteiger partial charge in [-0.05, 0) is 32.9 Å². The fourth-order valence-electron chi connectivity index (χ4n) is 2.84. The molecule has 2 amide bonds. The molecule has 0 bridgehead atoms. The minimum Gasteiger partial charge on any atom is -0.394 e. The molecule has 0 fully saturated rings. The number of anilines is 1. The largest absolute Gasteiger partial charge is 0.394 e. The summed E-state index contributed by atoms with van der Waals surface area (Å²) in [6, 6.07) is 2.78. The summed E-state index contributed by atoms with van der Waals surface area (Å²) in [7, 11) is 0. The van der Waals surface area contributed by atoms with E-state index in [0.29, 0.717) is 24.2 Å². The lowest BCUT2D eigenvalue weighted by atomic mass is 10.1. The average molecular weight is 375 g/mol. The Balaban J connectivity index is 2.68. The van der Waals surface area contributed by atoms with Crippen molar-refractivity contribution in [3.05, 3.63) is 34.2 Å². The molecule has 2 heterocycles. The number of aliphatic hydroxyl groups excluding tert-OH is 1. The molecule has 0 saturated carbocycles. The number of aromatic nitrogens is 2. The Bertz CT molecular complexity index is 904. The Morgan fingerprint density at radius 3 is 2.59 bits per heavy atom. The van der Waals surface area contributed by atoms with Gasteiger partial charge in [0.15, 0.2) is 0 Å². The van der Waals surface area contributed by atoms with E-state index in [9.17, 15) is 19.5 Å². The van der Waals surface area contributed by atoms with Crippen molar-refractivity contribution in [3.8, 4) is 0 Å². The molecule has 4 N–H and O–H groups in total. The number of nitrogens with zero attached hydrogens (tertiary/aromatic N) is 3. The number of hydrogen-bond acceptors (Lipinski definition) is 6. The Labute approximate surface area is 156 Å². The van der Waals surface area contributed by atoms with Crippen molar-refractivity contribution in [1.82, 2.24) is 14.5 Å². The first-order valence-corrected chi connectivity index (χ1v) is 8.81. The van der Waals surface area contributed by atoms with Gasteiger partial charge in [-0.2, -0.15) is 0 Å². The van der Waals surface area contributed by atoms with Crippen LogP contribution >= 0.6 is 0 Å². The molecule has 27 heavy (non-hydrogen) atoms. The van der Waals surface area contributed by atoms with E-state index in [4.69, 9.17) is 5.73 Å². The number of carbonyl (C=O) groups is 2. The molecule has 0 aliphatic carbocycles. The third-order valence-electron chi connectivity index (χ3n) is 4.34. The van der Waals surface area contributed by atoms with Crippen LogP contribution in [0.25, 0.3) is 11.0 Å². The SMILES string of the molecule is CCN(CC)C(=O)Cn1c(=O)c(C(N)=O)cc2c(NC(C)CO)ccnc21. The van der Waals surface area contributed by atoms with Gasteiger partial charge >= 0.3 is 0 Å². The van der Waals surface area contributed by atoms with Crippen LogP contribution in [0, 0.1) is 0 Å². The molecule has 0 radical (unpaired) electrons. The van der Waals surface area contributed by atoms with Crippen molar-refractivity contribution in [3.63, 3.8) is 0 Å². The van der Waals surface area contributed by atoms with Crippen molar-refractivity contribution in [1.29, 1.82) is 0 Å². The van der Waals surface area contributed by atoms with Crippen LogP contribution in [0.5, 0.6) is 0 Å². The summed E-state index contributed by atoms with van der Waals surface area (Å²) in [6.45, 7) is 6.13. The van der Waals surface area contributed by atoms with Crippen LogP contribution in [0.1, 0.15) is 31.1 Å². The van der Waals surface area contributed by atoms with Gasteiger partial charge in [-0.15, -0.1) is 0 Å². The zero-order valence-electron chi connectivity index (χ0n) is 15.7. The maximum absolute atomic E-state index is 12.7. The number of hydrogen-bond donors (Lipinski definition) is 3. The van der Waals surface area contributed by atoms with E-state index in [-0.39, 0.29) is 36.3 Å². The van der Waals surface area contributed by atoms with E-state index < -0.39 is 11.5 Å². The van der Waals surface area contributed by atoms with Crippen LogP contribution in [-0.2, 0) is 11.3 Å². The molecule has 2 aromatic heterocycles. The first-order chi connectivity index (χ1) is 12.8. The third kappa shape index (κ3) is 4.25. The van der Waals surface area contributed by atoms with Crippen LogP contribution in [0.15, 0.2) is 23.1 Å². The number of likely N-dealkylation sites (N-methyl/N-ethyl adjacent to an activating group) is 1. The summed E-state index contributed by atoms with van der Waals surface area (Å²) in [5.41, 5.74) is 5.33. The topological polar surface area (TPSA) is 131 Å². The van der Waals surface area contributed by atoms with Gasteiger partial charge < -0.3 is 21.1 Å². The lowest BCUT2D eigenvalue weighted by Gasteiger charge is -2.21. The Kier molecular flexibility index (Phi) is 6.51. The van der Waals surface area contributed by atoms with Crippen LogP contribution in [0.3, 0.4) is 0 Å². The summed E-state index contributed by atoms with van der Waals surface area (Å²) in [5, 5.41) is 12.9. The van der Waals surface area contributed by atoms with E-state index >= 15 is 0 Å². The van der Waals surface area contributed by atoms with E-state index in [0.717, 1.165) is 0 Å². The quantitative estimate of drug-likeness (QED) is 0.602. The molecule has 0 aromatic carbocycles. The summed E-state index contributed by atoms with van der Waals surface area (Å²) >= 11 is 0. The summed E-state index contributed by atoms with van der Waals surface area (Å²) in [5.74, 6) is -1.13. The second-order valence-electron chi connectivity index (χ2n) is 6.20. The van der Waals surface area contributed by atoms with Gasteiger partial charge in [0, 0.05) is 36.4 Å². The van der Waals surface area contributed by atoms with Gasteiger partial charge in [0.1, 0.15) is 17.8 Å². The van der Waals surface area contributed by atoms with Crippen LogP contribution in [0.4, 0.5) is 5.69 Å². The molecule has 1 unspecified atom stereocenters. The first kappa shape index (κ1) is 20.4. The van der Waals surface area contributed by atoms with E-state index in [1.807, 2.05) is 13.8 Å². The number of rotatable bonds is 8. The van der Waals surface area contributed by atoms with Gasteiger partial charge in [0.05, 0.1) is 6.61 Å². The minimum atomic E-state index is -0.879. The van der Waals surface area contributed by atoms with Crippen LogP contribution < -0.4 is 16.6 Å². The number of nitrogens with one attached hydrogen (secondary N) is 1. The molecule has 0 aliphatic rings. The van der Waals surface area contributed by atoms with Crippen molar-refractivity contribution in [2.75, 3.05) is 25.0 Å². The number of aliphatic hydroxyl groups is 1. The van der Waals surface area contributed by atoms with E-state index in [1.165, 1.54) is 16.8 Å². The first-order valence-electron chi connectivity index (χ1n) is 8.81. The van der Waals surface area contributed by atoms with Crippen LogP contribution in [0.2, 0.25) is 0 Å². The van der Waals surface area contributed by atoms with Crippen LogP contribution in [-0.4, -0.2) is 57.1 Å². The highest BCUT2D eigenvalue weighted by Gasteiger charge is 2.20. The number of nitrogens with two attached hydrogens (primary N) is 1. The summed E-state index contributed by atoms with van der Waals surface area (Å²) < 4.78 is 1.17. The Hall–Kier alpha value is -2.94. The number of pyridine rings is 2. The fraction of sp³-hybridized carbons (Fsp3) is 0.444. The van der Waals surface area contributed by atoms with Crippen molar-refractivity contribution in [2.45, 2.75) is 33.4 Å². The number of amides is 2. The molecule has 1 atom stereocenters. The highest BCUT2D eigenvalue weighted by molar-refractivity contribution is 5.99. The molecule has 9 heteroatoms. The second-order valence-corrected chi connectivity index (χ2v) is 6.20. The smallest absolute Gasteiger partial charge is 0.265 e. The van der Waals surface area contributed by atoms with Crippen molar-refractivity contribution >= 4 is 28.5 Å². The average Bonchev–Trinajstić information content (AvgIpc) is 2.64. The molecular formula is C18H25N5O4. The number of fused-ring (bicyclic) bond motifs is 1. The van der Waals surface area contributed by atoms with E-state index in [1.54, 1.807) is 17.9 Å². The third-order valence-corrected chi connectivity index (χ3v) is 4.34. The number of primary amides is 1. The van der Waals surface area contributed by atoms with Crippen molar-refractivity contribution < 1.29 is 14.7 Å². The molecule has 9 nitrogen and oxygen atoms in total. The normalized spacial score (nSPS) is 12.0. The van der Waals surface area contributed by atoms with E-state index in [2.05, 4.69) is 10.3 Å². The molecule has 0 saturated heterocycles. The molecule has 2 rings (SSSR count). The standard InChI is InChI=1S/C18H25N5O4/c1-4-22(5-2)15(25)9-23-17-12(8-13(16(19)26)18(23)27)14(6-7-20-17)21-11(3)10-24/h6-8,11,24H,4-5,9-10H2,1-3H3,(H2,19,26)(H,20,21). The monoisotopic (exact) mass is 375 g/mol. The maximum atomic E-state index is 12.7. The predicted molar refractivity (Wildman–Crippen MR) is 103 cm³/mol. The summed E-state index contributed by atoms with van der Waals surface area (Å²) in [6.07, 6.45) is 1.50. The predicted octanol–water partition coefficient (Wildman–Crippen LogP) is 0.157.